The number of benzene rings is 2. The van der Waals surface area contributed by atoms with Gasteiger partial charge < -0.3 is 14.5 Å². The van der Waals surface area contributed by atoms with Gasteiger partial charge in [-0.3, -0.25) is 25.0 Å². The van der Waals surface area contributed by atoms with Crippen LogP contribution in [0.5, 0.6) is 5.75 Å². The number of nitrogens with one attached hydrogen (secondary N) is 1. The fourth-order valence-corrected chi connectivity index (χ4v) is 3.33. The lowest BCUT2D eigenvalue weighted by Crippen LogP contribution is -2.14. The van der Waals surface area contributed by atoms with E-state index in [4.69, 9.17) is 9.15 Å². The number of rotatable bonds is 7. The van der Waals surface area contributed by atoms with Crippen molar-refractivity contribution in [3.05, 3.63) is 84.6 Å². The average Bonchev–Trinajstić information content (AvgIpc) is 3.25. The molecule has 0 spiro atoms. The second-order valence-corrected chi connectivity index (χ2v) is 7.24. The Balaban J connectivity index is 1.86. The third kappa shape index (κ3) is 5.23. The Morgan fingerprint density at radius 2 is 1.91 bits per heavy atom. The molecule has 0 unspecified atom stereocenters. The first-order chi connectivity index (χ1) is 15.7. The van der Waals surface area contributed by atoms with Crippen molar-refractivity contribution in [2.75, 3.05) is 12.4 Å². The first kappa shape index (κ1) is 23.2. The van der Waals surface area contributed by atoms with Gasteiger partial charge in [0.1, 0.15) is 34.6 Å². The quantitative estimate of drug-likeness (QED) is 0.198. The molecule has 12 heteroatoms. The molecule has 0 saturated carbocycles. The topological polar surface area (TPSA) is 162 Å². The molecule has 0 bridgehead atoms. The van der Waals surface area contributed by atoms with Crippen molar-refractivity contribution in [2.45, 2.75) is 0 Å². The smallest absolute Gasteiger partial charge is 0.296 e. The second kappa shape index (κ2) is 9.75. The lowest BCUT2D eigenvalue weighted by molar-refractivity contribution is -0.384. The van der Waals surface area contributed by atoms with Crippen LogP contribution in [0.3, 0.4) is 0 Å². The Morgan fingerprint density at radius 1 is 1.15 bits per heavy atom. The number of hydrogen-bond donors (Lipinski definition) is 1. The zero-order chi connectivity index (χ0) is 24.1. The minimum absolute atomic E-state index is 0.103. The van der Waals surface area contributed by atoms with E-state index in [1.54, 1.807) is 12.1 Å². The van der Waals surface area contributed by atoms with E-state index in [0.29, 0.717) is 15.8 Å². The predicted molar refractivity (Wildman–Crippen MR) is 120 cm³/mol. The number of nitriles is 1. The molecule has 33 heavy (non-hydrogen) atoms. The molecule has 3 aromatic rings. The van der Waals surface area contributed by atoms with Gasteiger partial charge >= 0.3 is 0 Å². The zero-order valence-corrected chi connectivity index (χ0v) is 18.4. The number of anilines is 1. The van der Waals surface area contributed by atoms with Gasteiger partial charge in [0.2, 0.25) is 0 Å². The number of nitro groups is 2. The van der Waals surface area contributed by atoms with Crippen molar-refractivity contribution in [1.82, 2.24) is 0 Å². The summed E-state index contributed by atoms with van der Waals surface area (Å²) in [5.41, 5.74) is -0.445. The summed E-state index contributed by atoms with van der Waals surface area (Å²) in [6, 6.07) is 12.8. The molecule has 1 amide bonds. The maximum atomic E-state index is 12.5. The minimum Gasteiger partial charge on any atom is -0.496 e. The largest absolute Gasteiger partial charge is 0.496 e. The van der Waals surface area contributed by atoms with Gasteiger partial charge in [-0.25, -0.2) is 0 Å². The molecule has 1 heterocycles. The van der Waals surface area contributed by atoms with Crippen molar-refractivity contribution in [3.8, 4) is 23.1 Å². The van der Waals surface area contributed by atoms with Crippen molar-refractivity contribution in [3.63, 3.8) is 0 Å². The summed E-state index contributed by atoms with van der Waals surface area (Å²) in [6.07, 6.45) is 1.17. The van der Waals surface area contributed by atoms with E-state index in [9.17, 15) is 30.3 Å². The standard InChI is InChI=1S/C21H13BrN4O7/c1-32-14-3-6-18(19(10-14)26(30)31)24-21(27)12(11-23)8-15-4-7-20(33-15)16-5-2-13(25(28)29)9-17(16)22/h2-10H,1H3,(H,24,27)/b12-8+. The Labute approximate surface area is 194 Å². The monoisotopic (exact) mass is 512 g/mol. The maximum absolute atomic E-state index is 12.5. The number of furan rings is 1. The van der Waals surface area contributed by atoms with Crippen molar-refractivity contribution in [2.24, 2.45) is 0 Å². The van der Waals surface area contributed by atoms with Gasteiger partial charge in [-0.15, -0.1) is 0 Å². The van der Waals surface area contributed by atoms with Gasteiger partial charge in [-0.2, -0.15) is 5.26 Å². The predicted octanol–water partition coefficient (Wildman–Crippen LogP) is 5.08. The van der Waals surface area contributed by atoms with Crippen LogP contribution in [0.4, 0.5) is 17.1 Å². The fraction of sp³-hybridized carbons (Fsp3) is 0.0476. The summed E-state index contributed by atoms with van der Waals surface area (Å²) < 4.78 is 11.0. The van der Waals surface area contributed by atoms with E-state index in [1.165, 1.54) is 49.6 Å². The number of amides is 1. The number of non-ortho nitro benzene ring substituents is 1. The highest BCUT2D eigenvalue weighted by molar-refractivity contribution is 9.10. The molecular weight excluding hydrogens is 500 g/mol. The third-order valence-corrected chi connectivity index (χ3v) is 5.01. The van der Waals surface area contributed by atoms with Gasteiger partial charge in [-0.05, 0) is 46.3 Å². The van der Waals surface area contributed by atoms with Crippen LogP contribution >= 0.6 is 15.9 Å². The number of nitro benzene ring substituents is 2. The van der Waals surface area contributed by atoms with Crippen LogP contribution in [0.25, 0.3) is 17.4 Å². The molecule has 11 nitrogen and oxygen atoms in total. The van der Waals surface area contributed by atoms with Crippen LogP contribution in [0.2, 0.25) is 0 Å². The Hall–Kier alpha value is -4.50. The van der Waals surface area contributed by atoms with E-state index >= 15 is 0 Å². The second-order valence-electron chi connectivity index (χ2n) is 6.39. The number of hydrogen-bond acceptors (Lipinski definition) is 8. The SMILES string of the molecule is COc1ccc(NC(=O)/C(C#N)=C/c2ccc(-c3ccc([N+](=O)[O-])cc3Br)o2)c([N+](=O)[O-])c1. The molecule has 0 aliphatic carbocycles. The van der Waals surface area contributed by atoms with E-state index in [0.717, 1.165) is 6.07 Å². The molecule has 2 aromatic carbocycles. The molecule has 0 radical (unpaired) electrons. The van der Waals surface area contributed by atoms with E-state index in [-0.39, 0.29) is 28.5 Å². The Bertz CT molecular complexity index is 1340. The summed E-state index contributed by atoms with van der Waals surface area (Å²) in [6.45, 7) is 0. The zero-order valence-electron chi connectivity index (χ0n) is 16.8. The molecule has 0 fully saturated rings. The van der Waals surface area contributed by atoms with Crippen LogP contribution in [0.1, 0.15) is 5.76 Å². The Kier molecular flexibility index (Phi) is 6.85. The van der Waals surface area contributed by atoms with Crippen LogP contribution in [-0.2, 0) is 4.79 Å². The highest BCUT2D eigenvalue weighted by Crippen LogP contribution is 2.33. The summed E-state index contributed by atoms with van der Waals surface area (Å²) in [7, 11) is 1.35. The number of ether oxygens (including phenoxy) is 1. The summed E-state index contributed by atoms with van der Waals surface area (Å²) in [4.78, 5) is 33.5. The highest BCUT2D eigenvalue weighted by atomic mass is 79.9. The molecule has 0 aliphatic heterocycles. The number of carbonyl (C=O) groups excluding carboxylic acids is 1. The molecule has 1 aromatic heterocycles. The summed E-state index contributed by atoms with van der Waals surface area (Å²) in [5, 5.41) is 33.9. The van der Waals surface area contributed by atoms with E-state index in [2.05, 4.69) is 21.2 Å². The summed E-state index contributed by atoms with van der Waals surface area (Å²) >= 11 is 3.25. The molecule has 0 atom stereocenters. The van der Waals surface area contributed by atoms with Gasteiger partial charge in [0, 0.05) is 28.2 Å². The lowest BCUT2D eigenvalue weighted by atomic mass is 10.1. The van der Waals surface area contributed by atoms with Gasteiger partial charge in [0.25, 0.3) is 17.3 Å². The van der Waals surface area contributed by atoms with Crippen LogP contribution in [0, 0.1) is 31.6 Å². The maximum Gasteiger partial charge on any atom is 0.296 e. The molecule has 1 N–H and O–H groups in total. The first-order valence-electron chi connectivity index (χ1n) is 9.03. The molecule has 0 aliphatic rings. The Morgan fingerprint density at radius 3 is 2.52 bits per heavy atom. The van der Waals surface area contributed by atoms with E-state index in [1.807, 2.05) is 0 Å². The normalized spacial score (nSPS) is 10.9. The van der Waals surface area contributed by atoms with Crippen molar-refractivity contribution >= 4 is 45.0 Å². The number of methoxy groups -OCH3 is 1. The highest BCUT2D eigenvalue weighted by Gasteiger charge is 2.20. The first-order valence-corrected chi connectivity index (χ1v) is 9.82. The lowest BCUT2D eigenvalue weighted by Gasteiger charge is -2.07. The third-order valence-electron chi connectivity index (χ3n) is 4.36. The molecule has 3 rings (SSSR count). The van der Waals surface area contributed by atoms with Crippen molar-refractivity contribution in [1.29, 1.82) is 5.26 Å². The van der Waals surface area contributed by atoms with Crippen LogP contribution in [0.15, 0.2) is 63.0 Å². The van der Waals surface area contributed by atoms with E-state index < -0.39 is 21.4 Å². The number of nitrogens with zero attached hydrogens (tertiary/aromatic N) is 3. The fourth-order valence-electron chi connectivity index (χ4n) is 2.77. The molecular formula is C21H13BrN4O7. The molecule has 166 valence electrons. The molecule has 0 saturated heterocycles. The van der Waals surface area contributed by atoms with Gasteiger partial charge in [0.05, 0.1) is 23.0 Å². The summed E-state index contributed by atoms with van der Waals surface area (Å²) in [5.74, 6) is -0.144. The number of halogens is 1. The van der Waals surface area contributed by atoms with Gasteiger partial charge in [-0.1, -0.05) is 0 Å². The van der Waals surface area contributed by atoms with Crippen molar-refractivity contribution < 1.29 is 23.8 Å². The van der Waals surface area contributed by atoms with Crippen LogP contribution in [-0.4, -0.2) is 22.9 Å². The average molecular weight is 513 g/mol. The minimum atomic E-state index is -0.875. The van der Waals surface area contributed by atoms with Crippen LogP contribution < -0.4 is 10.1 Å². The van der Waals surface area contributed by atoms with Gasteiger partial charge in [0.15, 0.2) is 0 Å². The number of carbonyl (C=O) groups is 1.